The van der Waals surface area contributed by atoms with Crippen LogP contribution in [0, 0.1) is 0 Å². The number of nitrogens with one attached hydrogen (secondary N) is 3. The second kappa shape index (κ2) is 7.88. The van der Waals surface area contributed by atoms with Gasteiger partial charge in [0.1, 0.15) is 5.75 Å². The fourth-order valence-electron chi connectivity index (χ4n) is 1.68. The Kier molecular flexibility index (Phi) is 6.19. The van der Waals surface area contributed by atoms with Crippen LogP contribution in [0.3, 0.4) is 0 Å². The fourth-order valence-corrected chi connectivity index (χ4v) is 1.68. The van der Waals surface area contributed by atoms with Crippen LogP contribution in [0.15, 0.2) is 18.2 Å². The van der Waals surface area contributed by atoms with Crippen LogP contribution in [0.2, 0.25) is 0 Å². The molecule has 0 saturated carbocycles. The molecule has 7 nitrogen and oxygen atoms in total. The van der Waals surface area contributed by atoms with Crippen molar-refractivity contribution in [1.82, 2.24) is 10.6 Å². The molecule has 1 aromatic carbocycles. The van der Waals surface area contributed by atoms with Crippen LogP contribution in [-0.4, -0.2) is 37.9 Å². The quantitative estimate of drug-likeness (QED) is 0.666. The summed E-state index contributed by atoms with van der Waals surface area (Å²) < 4.78 is 5.13. The molecule has 0 saturated heterocycles. The third kappa shape index (κ3) is 5.52. The first-order chi connectivity index (χ1) is 9.93. The number of methoxy groups -OCH3 is 1. The van der Waals surface area contributed by atoms with E-state index in [9.17, 15) is 14.4 Å². The normalized spacial score (nSPS) is 9.67. The van der Waals surface area contributed by atoms with Gasteiger partial charge in [0.25, 0.3) is 5.91 Å². The van der Waals surface area contributed by atoms with Crippen molar-refractivity contribution in [3.05, 3.63) is 23.8 Å². The lowest BCUT2D eigenvalue weighted by atomic mass is 10.1. The van der Waals surface area contributed by atoms with Gasteiger partial charge < -0.3 is 20.7 Å². The van der Waals surface area contributed by atoms with Crippen LogP contribution in [0.25, 0.3) is 0 Å². The van der Waals surface area contributed by atoms with Crippen LogP contribution < -0.4 is 20.7 Å². The number of rotatable bonds is 6. The number of hydrogen-bond donors (Lipinski definition) is 3. The lowest BCUT2D eigenvalue weighted by molar-refractivity contribution is -0.119. The molecule has 0 spiro atoms. The second-order valence-corrected chi connectivity index (χ2v) is 4.34. The minimum absolute atomic E-state index is 0.158. The number of carbonyl (C=O) groups is 3. The van der Waals surface area contributed by atoms with Gasteiger partial charge in [-0.3, -0.25) is 14.4 Å². The number of carbonyl (C=O) groups excluding carboxylic acids is 3. The highest BCUT2D eigenvalue weighted by molar-refractivity contribution is 5.99. The smallest absolute Gasteiger partial charge is 0.255 e. The highest BCUT2D eigenvalue weighted by Crippen LogP contribution is 2.22. The van der Waals surface area contributed by atoms with Gasteiger partial charge in [0.15, 0.2) is 0 Å². The Balaban J connectivity index is 2.75. The Labute approximate surface area is 123 Å². The Bertz CT molecular complexity index is 543. The van der Waals surface area contributed by atoms with Crippen molar-refractivity contribution in [1.29, 1.82) is 0 Å². The lowest BCUT2D eigenvalue weighted by Gasteiger charge is -2.11. The number of anilines is 1. The molecule has 1 aromatic rings. The molecule has 0 radical (unpaired) electrons. The fraction of sp³-hybridized carbons (Fsp3) is 0.357. The van der Waals surface area contributed by atoms with Gasteiger partial charge in [-0.1, -0.05) is 0 Å². The molecule has 0 atom stereocenters. The van der Waals surface area contributed by atoms with Crippen LogP contribution >= 0.6 is 0 Å². The first-order valence-corrected chi connectivity index (χ1v) is 6.42. The largest absolute Gasteiger partial charge is 0.496 e. The molecular formula is C14H19N3O4. The zero-order valence-corrected chi connectivity index (χ0v) is 12.3. The van der Waals surface area contributed by atoms with Crippen LogP contribution in [-0.2, 0) is 9.59 Å². The highest BCUT2D eigenvalue weighted by atomic mass is 16.5. The van der Waals surface area contributed by atoms with Crippen molar-refractivity contribution in [3.8, 4) is 5.75 Å². The Hall–Kier alpha value is -2.57. The highest BCUT2D eigenvalue weighted by Gasteiger charge is 2.13. The molecule has 0 unspecified atom stereocenters. The predicted octanol–water partition coefficient (Wildman–Crippen LogP) is 0.519. The summed E-state index contributed by atoms with van der Waals surface area (Å²) in [5, 5.41) is 7.84. The van der Waals surface area contributed by atoms with Crippen LogP contribution in [0.5, 0.6) is 5.75 Å². The van der Waals surface area contributed by atoms with E-state index in [0.29, 0.717) is 30.1 Å². The maximum Gasteiger partial charge on any atom is 0.255 e. The van der Waals surface area contributed by atoms with Crippen molar-refractivity contribution in [2.24, 2.45) is 0 Å². The summed E-state index contributed by atoms with van der Waals surface area (Å²) in [7, 11) is 1.46. The molecule has 0 bridgehead atoms. The molecule has 3 N–H and O–H groups in total. The molecule has 0 aromatic heterocycles. The van der Waals surface area contributed by atoms with E-state index in [-0.39, 0.29) is 17.7 Å². The van der Waals surface area contributed by atoms with E-state index >= 15 is 0 Å². The maximum absolute atomic E-state index is 12.1. The summed E-state index contributed by atoms with van der Waals surface area (Å²) in [5.41, 5.74) is 0.821. The molecule has 0 heterocycles. The van der Waals surface area contributed by atoms with Gasteiger partial charge >= 0.3 is 0 Å². The monoisotopic (exact) mass is 293 g/mol. The maximum atomic E-state index is 12.1. The van der Waals surface area contributed by atoms with Crippen molar-refractivity contribution in [2.75, 3.05) is 25.5 Å². The summed E-state index contributed by atoms with van der Waals surface area (Å²) in [5.74, 6) is -0.322. The lowest BCUT2D eigenvalue weighted by Crippen LogP contribution is -2.33. The summed E-state index contributed by atoms with van der Waals surface area (Å²) in [4.78, 5) is 33.9. The standard InChI is InChI=1S/C14H19N3O4/c1-9(18)15-6-7-16-14(20)12-8-11(17-10(2)19)4-5-13(12)21-3/h4-5,8H,6-7H2,1-3H3,(H,15,18)(H,16,20)(H,17,19). The van der Waals surface area contributed by atoms with E-state index in [1.807, 2.05) is 0 Å². The number of ether oxygens (including phenoxy) is 1. The number of hydrogen-bond acceptors (Lipinski definition) is 4. The molecule has 0 aliphatic heterocycles. The minimum atomic E-state index is -0.343. The first kappa shape index (κ1) is 16.5. The van der Waals surface area contributed by atoms with E-state index in [1.165, 1.54) is 27.0 Å². The molecule has 21 heavy (non-hydrogen) atoms. The van der Waals surface area contributed by atoms with Crippen molar-refractivity contribution in [2.45, 2.75) is 13.8 Å². The second-order valence-electron chi connectivity index (χ2n) is 4.34. The number of amides is 3. The van der Waals surface area contributed by atoms with Gasteiger partial charge in [0.2, 0.25) is 11.8 Å². The topological polar surface area (TPSA) is 96.5 Å². The van der Waals surface area contributed by atoms with Crippen molar-refractivity contribution >= 4 is 23.4 Å². The summed E-state index contributed by atoms with van der Waals surface area (Å²) >= 11 is 0. The average Bonchev–Trinajstić information content (AvgIpc) is 2.42. The third-order valence-corrected chi connectivity index (χ3v) is 2.55. The van der Waals surface area contributed by atoms with E-state index in [0.717, 1.165) is 0 Å². The summed E-state index contributed by atoms with van der Waals surface area (Å²) in [6, 6.07) is 4.79. The first-order valence-electron chi connectivity index (χ1n) is 6.42. The zero-order valence-electron chi connectivity index (χ0n) is 12.3. The van der Waals surface area contributed by atoms with E-state index < -0.39 is 0 Å². The van der Waals surface area contributed by atoms with E-state index in [2.05, 4.69) is 16.0 Å². The van der Waals surface area contributed by atoms with Crippen molar-refractivity contribution in [3.63, 3.8) is 0 Å². The van der Waals surface area contributed by atoms with Crippen LogP contribution in [0.1, 0.15) is 24.2 Å². The molecule has 114 valence electrons. The van der Waals surface area contributed by atoms with Gasteiger partial charge in [0, 0.05) is 32.6 Å². The molecule has 0 fully saturated rings. The molecule has 3 amide bonds. The minimum Gasteiger partial charge on any atom is -0.496 e. The Morgan fingerprint density at radius 3 is 2.29 bits per heavy atom. The van der Waals surface area contributed by atoms with Crippen molar-refractivity contribution < 1.29 is 19.1 Å². The van der Waals surface area contributed by atoms with Gasteiger partial charge in [-0.2, -0.15) is 0 Å². The molecular weight excluding hydrogens is 274 g/mol. The Morgan fingerprint density at radius 2 is 1.71 bits per heavy atom. The van der Waals surface area contributed by atoms with Crippen LogP contribution in [0.4, 0.5) is 5.69 Å². The third-order valence-electron chi connectivity index (χ3n) is 2.55. The summed E-state index contributed by atoms with van der Waals surface area (Å²) in [6.07, 6.45) is 0. The van der Waals surface area contributed by atoms with Gasteiger partial charge in [-0.15, -0.1) is 0 Å². The van der Waals surface area contributed by atoms with E-state index in [4.69, 9.17) is 4.74 Å². The average molecular weight is 293 g/mol. The SMILES string of the molecule is COc1ccc(NC(C)=O)cc1C(=O)NCCNC(C)=O. The molecule has 1 rings (SSSR count). The van der Waals surface area contributed by atoms with Gasteiger partial charge in [-0.25, -0.2) is 0 Å². The Morgan fingerprint density at radius 1 is 1.05 bits per heavy atom. The van der Waals surface area contributed by atoms with Gasteiger partial charge in [0.05, 0.1) is 12.7 Å². The number of benzene rings is 1. The molecule has 0 aliphatic rings. The summed E-state index contributed by atoms with van der Waals surface area (Å²) in [6.45, 7) is 3.43. The van der Waals surface area contributed by atoms with E-state index in [1.54, 1.807) is 12.1 Å². The molecule has 0 aliphatic carbocycles. The zero-order chi connectivity index (χ0) is 15.8. The predicted molar refractivity (Wildman–Crippen MR) is 78.3 cm³/mol. The van der Waals surface area contributed by atoms with Gasteiger partial charge in [-0.05, 0) is 18.2 Å². The molecule has 7 heteroatoms.